The molecule has 1 saturated carbocycles. The number of nitrogens with one attached hydrogen (secondary N) is 2. The molecular formula is C20H32ClN7O. The van der Waals surface area contributed by atoms with Crippen LogP contribution in [0.25, 0.3) is 11.0 Å². The third kappa shape index (κ3) is 5.79. The van der Waals surface area contributed by atoms with Crippen molar-refractivity contribution in [2.24, 2.45) is 0 Å². The molecule has 1 saturated heterocycles. The van der Waals surface area contributed by atoms with Crippen molar-refractivity contribution in [3.05, 3.63) is 12.5 Å². The Balaban J connectivity index is 0.00000240. The molecule has 3 heterocycles. The minimum atomic E-state index is -0.191. The topological polar surface area (TPSA) is 88.0 Å². The summed E-state index contributed by atoms with van der Waals surface area (Å²) in [5, 5.41) is 11.3. The molecule has 29 heavy (non-hydrogen) atoms. The number of urea groups is 1. The van der Waals surface area contributed by atoms with Crippen LogP contribution in [0.5, 0.6) is 0 Å². The smallest absolute Gasteiger partial charge is 0.320 e. The van der Waals surface area contributed by atoms with Gasteiger partial charge in [-0.3, -0.25) is 5.32 Å². The van der Waals surface area contributed by atoms with Crippen molar-refractivity contribution in [2.75, 3.05) is 25.0 Å². The summed E-state index contributed by atoms with van der Waals surface area (Å²) in [5.41, 5.74) is 0.776. The molecule has 4 rings (SSSR count). The van der Waals surface area contributed by atoms with Crippen LogP contribution in [0.3, 0.4) is 0 Å². The van der Waals surface area contributed by atoms with Crippen molar-refractivity contribution < 1.29 is 4.79 Å². The number of likely N-dealkylation sites (tertiary alicyclic amines) is 1. The SMILES string of the molecule is Cl.O=C(Nc1ncnc2c1cnn2CCN1CCCCCC1)NC1CCCCC1. The summed E-state index contributed by atoms with van der Waals surface area (Å²) in [6, 6.07) is 0.0756. The lowest BCUT2D eigenvalue weighted by Gasteiger charge is -2.22. The summed E-state index contributed by atoms with van der Waals surface area (Å²) >= 11 is 0. The molecule has 0 spiro atoms. The molecule has 0 atom stereocenters. The molecule has 2 fully saturated rings. The first kappa shape index (κ1) is 21.8. The highest BCUT2D eigenvalue weighted by Gasteiger charge is 2.18. The molecule has 1 aliphatic carbocycles. The number of rotatable bonds is 5. The van der Waals surface area contributed by atoms with Gasteiger partial charge in [0.15, 0.2) is 5.65 Å². The van der Waals surface area contributed by atoms with Crippen LogP contribution in [0.15, 0.2) is 12.5 Å². The van der Waals surface area contributed by atoms with Gasteiger partial charge in [0.05, 0.1) is 18.1 Å². The van der Waals surface area contributed by atoms with E-state index < -0.39 is 0 Å². The van der Waals surface area contributed by atoms with Crippen molar-refractivity contribution >= 4 is 35.3 Å². The van der Waals surface area contributed by atoms with E-state index in [-0.39, 0.29) is 24.5 Å². The van der Waals surface area contributed by atoms with E-state index in [0.29, 0.717) is 5.82 Å². The van der Waals surface area contributed by atoms with Gasteiger partial charge in [-0.15, -0.1) is 12.4 Å². The fourth-order valence-electron chi connectivity index (χ4n) is 4.33. The second-order valence-electron chi connectivity index (χ2n) is 8.02. The van der Waals surface area contributed by atoms with Gasteiger partial charge in [0.1, 0.15) is 12.1 Å². The normalized spacial score (nSPS) is 18.8. The molecular weight excluding hydrogens is 390 g/mol. The van der Waals surface area contributed by atoms with E-state index in [4.69, 9.17) is 0 Å². The van der Waals surface area contributed by atoms with E-state index in [1.165, 1.54) is 64.4 Å². The molecule has 0 aromatic carbocycles. The highest BCUT2D eigenvalue weighted by molar-refractivity contribution is 5.97. The lowest BCUT2D eigenvalue weighted by molar-refractivity contribution is 0.244. The summed E-state index contributed by atoms with van der Waals surface area (Å²) in [4.78, 5) is 23.6. The van der Waals surface area contributed by atoms with Gasteiger partial charge >= 0.3 is 6.03 Å². The molecule has 160 valence electrons. The first-order valence-electron chi connectivity index (χ1n) is 10.8. The maximum atomic E-state index is 12.4. The van der Waals surface area contributed by atoms with Crippen molar-refractivity contribution in [3.8, 4) is 0 Å². The Morgan fingerprint density at radius 3 is 2.48 bits per heavy atom. The first-order valence-corrected chi connectivity index (χ1v) is 10.8. The molecule has 2 amide bonds. The van der Waals surface area contributed by atoms with Gasteiger partial charge < -0.3 is 10.2 Å². The lowest BCUT2D eigenvalue weighted by atomic mass is 9.96. The minimum absolute atomic E-state index is 0. The average molecular weight is 422 g/mol. The maximum Gasteiger partial charge on any atom is 0.320 e. The highest BCUT2D eigenvalue weighted by atomic mass is 35.5. The molecule has 2 aliphatic rings. The van der Waals surface area contributed by atoms with E-state index in [2.05, 4.69) is 30.6 Å². The number of fused-ring (bicyclic) bond motifs is 1. The summed E-state index contributed by atoms with van der Waals surface area (Å²) in [5.74, 6) is 0.527. The van der Waals surface area contributed by atoms with Crippen LogP contribution < -0.4 is 10.6 Å². The van der Waals surface area contributed by atoms with Gasteiger partial charge in [-0.1, -0.05) is 32.1 Å². The third-order valence-corrected chi connectivity index (χ3v) is 5.93. The zero-order valence-corrected chi connectivity index (χ0v) is 17.8. The zero-order valence-electron chi connectivity index (χ0n) is 17.0. The predicted octanol–water partition coefficient (Wildman–Crippen LogP) is 3.58. The molecule has 1 aliphatic heterocycles. The van der Waals surface area contributed by atoms with Crippen molar-refractivity contribution in [1.29, 1.82) is 0 Å². The van der Waals surface area contributed by atoms with E-state index in [1.807, 2.05) is 4.68 Å². The molecule has 2 N–H and O–H groups in total. The summed E-state index contributed by atoms with van der Waals surface area (Å²) in [6.45, 7) is 4.12. The Labute approximate surface area is 178 Å². The average Bonchev–Trinajstić information content (AvgIpc) is 2.95. The van der Waals surface area contributed by atoms with Crippen molar-refractivity contribution in [1.82, 2.24) is 30.0 Å². The summed E-state index contributed by atoms with van der Waals surface area (Å²) in [6.07, 6.45) is 14.3. The van der Waals surface area contributed by atoms with E-state index in [0.717, 1.165) is 37.0 Å². The number of carbonyl (C=O) groups is 1. The van der Waals surface area contributed by atoms with Crippen LogP contribution >= 0.6 is 12.4 Å². The Kier molecular flexibility index (Phi) is 8.06. The van der Waals surface area contributed by atoms with Crippen LogP contribution in [0.2, 0.25) is 0 Å². The largest absolute Gasteiger partial charge is 0.335 e. The predicted molar refractivity (Wildman–Crippen MR) is 117 cm³/mol. The van der Waals surface area contributed by atoms with Crippen LogP contribution in [0, 0.1) is 0 Å². The van der Waals surface area contributed by atoms with Gasteiger partial charge in [-0.25, -0.2) is 19.4 Å². The number of anilines is 1. The van der Waals surface area contributed by atoms with Crippen LogP contribution in [-0.2, 0) is 6.54 Å². The Morgan fingerprint density at radius 2 is 1.72 bits per heavy atom. The molecule has 8 nitrogen and oxygen atoms in total. The quantitative estimate of drug-likeness (QED) is 0.770. The lowest BCUT2D eigenvalue weighted by Crippen LogP contribution is -2.39. The number of carbonyl (C=O) groups excluding carboxylic acids is 1. The molecule has 2 aromatic heterocycles. The number of hydrogen-bond acceptors (Lipinski definition) is 5. The first-order chi connectivity index (χ1) is 13.8. The van der Waals surface area contributed by atoms with Gasteiger partial charge in [-0.05, 0) is 38.8 Å². The van der Waals surface area contributed by atoms with E-state index in [1.54, 1.807) is 6.20 Å². The van der Waals surface area contributed by atoms with Crippen LogP contribution in [0.4, 0.5) is 10.6 Å². The number of aromatic nitrogens is 4. The number of nitrogens with zero attached hydrogens (tertiary/aromatic N) is 5. The Bertz CT molecular complexity index is 782. The number of hydrogen-bond donors (Lipinski definition) is 2. The van der Waals surface area contributed by atoms with Crippen LogP contribution in [-0.4, -0.2) is 56.4 Å². The third-order valence-electron chi connectivity index (χ3n) is 5.93. The molecule has 0 radical (unpaired) electrons. The maximum absolute atomic E-state index is 12.4. The fourth-order valence-corrected chi connectivity index (χ4v) is 4.33. The number of halogens is 1. The zero-order chi connectivity index (χ0) is 19.2. The Hall–Kier alpha value is -1.93. The van der Waals surface area contributed by atoms with E-state index in [9.17, 15) is 4.79 Å². The minimum Gasteiger partial charge on any atom is -0.335 e. The van der Waals surface area contributed by atoms with Gasteiger partial charge in [0.25, 0.3) is 0 Å². The van der Waals surface area contributed by atoms with Gasteiger partial charge in [-0.2, -0.15) is 5.10 Å². The van der Waals surface area contributed by atoms with Crippen molar-refractivity contribution in [3.63, 3.8) is 0 Å². The standard InChI is InChI=1S/C20H31N7O.ClH/c28-20(24-16-8-4-3-5-9-16)25-18-17-14-23-27(19(17)22-15-21-18)13-12-26-10-6-1-2-7-11-26;/h14-16H,1-13H2,(H2,21,22,24,25,28);1H. The molecule has 2 aromatic rings. The van der Waals surface area contributed by atoms with Crippen molar-refractivity contribution in [2.45, 2.75) is 70.4 Å². The molecule has 0 unspecified atom stereocenters. The van der Waals surface area contributed by atoms with Gasteiger partial charge in [0.2, 0.25) is 0 Å². The molecule has 9 heteroatoms. The number of amides is 2. The Morgan fingerprint density at radius 1 is 1.00 bits per heavy atom. The summed E-state index contributed by atoms with van der Waals surface area (Å²) < 4.78 is 1.92. The molecule has 0 bridgehead atoms. The van der Waals surface area contributed by atoms with E-state index >= 15 is 0 Å². The second kappa shape index (κ2) is 10.7. The fraction of sp³-hybridized carbons (Fsp3) is 0.700. The van der Waals surface area contributed by atoms with Gasteiger partial charge in [0, 0.05) is 12.6 Å². The highest BCUT2D eigenvalue weighted by Crippen LogP contribution is 2.20. The van der Waals surface area contributed by atoms with Crippen LogP contribution in [0.1, 0.15) is 57.8 Å². The monoisotopic (exact) mass is 421 g/mol. The summed E-state index contributed by atoms with van der Waals surface area (Å²) in [7, 11) is 0. The second-order valence-corrected chi connectivity index (χ2v) is 8.02.